The molecular weight excluding hydrogens is 189 g/mol. The second-order valence-electron chi connectivity index (χ2n) is 4.47. The third-order valence-electron chi connectivity index (χ3n) is 3.28. The van der Waals surface area contributed by atoms with Gasteiger partial charge in [-0.25, -0.2) is 4.39 Å². The van der Waals surface area contributed by atoms with E-state index in [1.807, 2.05) is 6.07 Å². The molecule has 1 aromatic rings. The van der Waals surface area contributed by atoms with Crippen molar-refractivity contribution in [1.82, 2.24) is 5.32 Å². The Kier molecular flexibility index (Phi) is 3.37. The number of piperidine rings is 1. The number of nitrogens with one attached hydrogen (secondary N) is 1. The Balaban J connectivity index is 2.05. The molecule has 2 heteroatoms. The summed E-state index contributed by atoms with van der Waals surface area (Å²) in [6.07, 6.45) is 3.47. The van der Waals surface area contributed by atoms with Crippen molar-refractivity contribution in [1.29, 1.82) is 0 Å². The average molecular weight is 207 g/mol. The minimum Gasteiger partial charge on any atom is -0.317 e. The molecule has 1 heterocycles. The molecule has 15 heavy (non-hydrogen) atoms. The molecule has 1 aromatic carbocycles. The molecule has 1 saturated heterocycles. The first-order valence-electron chi connectivity index (χ1n) is 5.71. The van der Waals surface area contributed by atoms with Crippen LogP contribution in [0.15, 0.2) is 18.2 Å². The minimum atomic E-state index is -0.107. The van der Waals surface area contributed by atoms with Crippen LogP contribution >= 0.6 is 0 Å². The summed E-state index contributed by atoms with van der Waals surface area (Å²) in [7, 11) is 0. The molecule has 0 aliphatic carbocycles. The van der Waals surface area contributed by atoms with E-state index < -0.39 is 0 Å². The Morgan fingerprint density at radius 1 is 1.33 bits per heavy atom. The fraction of sp³-hybridized carbons (Fsp3) is 0.538. The van der Waals surface area contributed by atoms with Gasteiger partial charge in [-0.05, 0) is 68.5 Å². The lowest BCUT2D eigenvalue weighted by Crippen LogP contribution is -2.28. The van der Waals surface area contributed by atoms with E-state index in [2.05, 4.69) is 12.2 Å². The Hall–Kier alpha value is -0.890. The van der Waals surface area contributed by atoms with E-state index in [4.69, 9.17) is 0 Å². The van der Waals surface area contributed by atoms with Crippen LogP contribution in [0.2, 0.25) is 0 Å². The van der Waals surface area contributed by atoms with Crippen LogP contribution < -0.4 is 5.32 Å². The molecule has 2 rings (SSSR count). The normalized spacial score (nSPS) is 18.0. The van der Waals surface area contributed by atoms with Gasteiger partial charge in [0.1, 0.15) is 5.82 Å². The summed E-state index contributed by atoms with van der Waals surface area (Å²) in [5.74, 6) is 0.622. The SMILES string of the molecule is Cc1ccc(F)cc1CC1CCNCC1. The first kappa shape index (κ1) is 10.6. The maximum Gasteiger partial charge on any atom is 0.123 e. The van der Waals surface area contributed by atoms with Crippen LogP contribution in [-0.2, 0) is 6.42 Å². The number of aryl methyl sites for hydroxylation is 1. The summed E-state index contributed by atoms with van der Waals surface area (Å²) in [6, 6.07) is 5.12. The van der Waals surface area contributed by atoms with Gasteiger partial charge in [0.25, 0.3) is 0 Å². The van der Waals surface area contributed by atoms with Crippen molar-refractivity contribution < 1.29 is 4.39 Å². The van der Waals surface area contributed by atoms with Crippen molar-refractivity contribution in [2.75, 3.05) is 13.1 Å². The van der Waals surface area contributed by atoms with Crippen molar-refractivity contribution in [3.05, 3.63) is 35.1 Å². The van der Waals surface area contributed by atoms with Crippen LogP contribution in [0.25, 0.3) is 0 Å². The smallest absolute Gasteiger partial charge is 0.123 e. The number of hydrogen-bond donors (Lipinski definition) is 1. The van der Waals surface area contributed by atoms with Gasteiger partial charge in [-0.2, -0.15) is 0 Å². The van der Waals surface area contributed by atoms with Crippen LogP contribution in [0.1, 0.15) is 24.0 Å². The van der Waals surface area contributed by atoms with Gasteiger partial charge in [0.05, 0.1) is 0 Å². The molecular formula is C13H18FN. The molecule has 0 aromatic heterocycles. The van der Waals surface area contributed by atoms with Gasteiger partial charge in [0, 0.05) is 0 Å². The van der Waals surface area contributed by atoms with E-state index in [0.717, 1.165) is 25.4 Å². The molecule has 0 saturated carbocycles. The predicted octanol–water partition coefficient (Wildman–Crippen LogP) is 2.68. The molecule has 1 fully saturated rings. The fourth-order valence-corrected chi connectivity index (χ4v) is 2.26. The van der Waals surface area contributed by atoms with Gasteiger partial charge in [0.2, 0.25) is 0 Å². The first-order valence-corrected chi connectivity index (χ1v) is 5.71. The Bertz CT molecular complexity index is 329. The molecule has 0 spiro atoms. The van der Waals surface area contributed by atoms with E-state index in [0.29, 0.717) is 0 Å². The number of rotatable bonds is 2. The average Bonchev–Trinajstić information content (AvgIpc) is 2.25. The molecule has 0 unspecified atom stereocenters. The molecule has 1 aliphatic rings. The van der Waals surface area contributed by atoms with E-state index in [1.54, 1.807) is 12.1 Å². The molecule has 1 nitrogen and oxygen atoms in total. The lowest BCUT2D eigenvalue weighted by atomic mass is 9.89. The molecule has 1 aliphatic heterocycles. The van der Waals surface area contributed by atoms with E-state index in [-0.39, 0.29) is 5.82 Å². The number of hydrogen-bond acceptors (Lipinski definition) is 1. The third-order valence-corrected chi connectivity index (χ3v) is 3.28. The highest BCUT2D eigenvalue weighted by Gasteiger charge is 2.14. The van der Waals surface area contributed by atoms with E-state index in [1.165, 1.54) is 24.0 Å². The van der Waals surface area contributed by atoms with Gasteiger partial charge in [-0.15, -0.1) is 0 Å². The highest BCUT2D eigenvalue weighted by atomic mass is 19.1. The fourth-order valence-electron chi connectivity index (χ4n) is 2.26. The monoisotopic (exact) mass is 207 g/mol. The molecule has 1 N–H and O–H groups in total. The third kappa shape index (κ3) is 2.78. The molecule has 0 amide bonds. The van der Waals surface area contributed by atoms with E-state index in [9.17, 15) is 4.39 Å². The van der Waals surface area contributed by atoms with Crippen molar-refractivity contribution in [3.63, 3.8) is 0 Å². The Morgan fingerprint density at radius 2 is 2.07 bits per heavy atom. The highest BCUT2D eigenvalue weighted by molar-refractivity contribution is 5.27. The van der Waals surface area contributed by atoms with Crippen LogP contribution in [0.4, 0.5) is 4.39 Å². The van der Waals surface area contributed by atoms with Gasteiger partial charge < -0.3 is 5.32 Å². The zero-order chi connectivity index (χ0) is 10.7. The molecule has 0 radical (unpaired) electrons. The van der Waals surface area contributed by atoms with Crippen molar-refractivity contribution >= 4 is 0 Å². The Morgan fingerprint density at radius 3 is 2.80 bits per heavy atom. The summed E-state index contributed by atoms with van der Waals surface area (Å²) in [5, 5.41) is 3.35. The second-order valence-corrected chi connectivity index (χ2v) is 4.47. The zero-order valence-electron chi connectivity index (χ0n) is 9.22. The lowest BCUT2D eigenvalue weighted by molar-refractivity contribution is 0.372. The summed E-state index contributed by atoms with van der Waals surface area (Å²) in [6.45, 7) is 4.29. The van der Waals surface area contributed by atoms with Crippen LogP contribution in [-0.4, -0.2) is 13.1 Å². The van der Waals surface area contributed by atoms with Crippen molar-refractivity contribution in [3.8, 4) is 0 Å². The number of benzene rings is 1. The number of halogens is 1. The van der Waals surface area contributed by atoms with Gasteiger partial charge in [-0.3, -0.25) is 0 Å². The standard InChI is InChI=1S/C13H18FN/c1-10-2-3-13(14)9-12(10)8-11-4-6-15-7-5-11/h2-3,9,11,15H,4-8H2,1H3. The lowest BCUT2D eigenvalue weighted by Gasteiger charge is -2.23. The zero-order valence-corrected chi connectivity index (χ0v) is 9.22. The summed E-state index contributed by atoms with van der Waals surface area (Å²) >= 11 is 0. The van der Waals surface area contributed by atoms with Gasteiger partial charge in [0.15, 0.2) is 0 Å². The van der Waals surface area contributed by atoms with Crippen LogP contribution in [0.5, 0.6) is 0 Å². The quantitative estimate of drug-likeness (QED) is 0.786. The molecule has 0 bridgehead atoms. The minimum absolute atomic E-state index is 0.107. The van der Waals surface area contributed by atoms with Gasteiger partial charge in [-0.1, -0.05) is 6.07 Å². The summed E-state index contributed by atoms with van der Waals surface area (Å²) in [4.78, 5) is 0. The van der Waals surface area contributed by atoms with Gasteiger partial charge >= 0.3 is 0 Å². The summed E-state index contributed by atoms with van der Waals surface area (Å²) < 4.78 is 13.1. The maximum absolute atomic E-state index is 13.1. The van der Waals surface area contributed by atoms with Crippen molar-refractivity contribution in [2.24, 2.45) is 5.92 Å². The summed E-state index contributed by atoms with van der Waals surface area (Å²) in [5.41, 5.74) is 2.40. The largest absolute Gasteiger partial charge is 0.317 e. The van der Waals surface area contributed by atoms with E-state index >= 15 is 0 Å². The molecule has 82 valence electrons. The van der Waals surface area contributed by atoms with Crippen molar-refractivity contribution in [2.45, 2.75) is 26.2 Å². The van der Waals surface area contributed by atoms with Crippen LogP contribution in [0.3, 0.4) is 0 Å². The second kappa shape index (κ2) is 4.75. The molecule has 0 atom stereocenters. The first-order chi connectivity index (χ1) is 7.25. The topological polar surface area (TPSA) is 12.0 Å². The maximum atomic E-state index is 13.1. The van der Waals surface area contributed by atoms with Crippen LogP contribution in [0, 0.1) is 18.7 Å². The Labute approximate surface area is 90.7 Å². The predicted molar refractivity (Wildman–Crippen MR) is 60.4 cm³/mol. The highest BCUT2D eigenvalue weighted by Crippen LogP contribution is 2.20.